The molecular formula is C7H12NO4P. The van der Waals surface area contributed by atoms with Crippen LogP contribution in [0.15, 0.2) is 18.2 Å². The van der Waals surface area contributed by atoms with Crippen LogP contribution in [0.4, 0.5) is 5.69 Å². The Bertz CT molecular complexity index is 310. The summed E-state index contributed by atoms with van der Waals surface area (Å²) in [5.41, 5.74) is 5.74. The van der Waals surface area contributed by atoms with Crippen molar-refractivity contribution < 1.29 is 19.4 Å². The van der Waals surface area contributed by atoms with Gasteiger partial charge in [-0.15, -0.1) is 0 Å². The third-order valence-electron chi connectivity index (χ3n) is 1.29. The molecule has 0 bridgehead atoms. The summed E-state index contributed by atoms with van der Waals surface area (Å²) in [7, 11) is -3.65. The minimum absolute atomic E-state index is 0.0216. The van der Waals surface area contributed by atoms with E-state index in [2.05, 4.69) is 0 Å². The fourth-order valence-corrected chi connectivity index (χ4v) is 1.42. The molecule has 0 atom stereocenters. The molecule has 74 valence electrons. The maximum atomic E-state index is 9.25. The zero-order valence-electron chi connectivity index (χ0n) is 7.06. The van der Waals surface area contributed by atoms with Gasteiger partial charge in [-0.05, 0) is 0 Å². The molecule has 5 nitrogen and oxygen atoms in total. The molecule has 0 aliphatic carbocycles. The van der Waals surface area contributed by atoms with Crippen molar-refractivity contribution >= 4 is 13.6 Å². The number of anilines is 1. The Morgan fingerprint density at radius 2 is 2.00 bits per heavy atom. The summed E-state index contributed by atoms with van der Waals surface area (Å²) in [5.74, 6) is -0.185. The number of phenolic OH excluding ortho intramolecular Hbond substituents is 1. The first-order valence-corrected chi connectivity index (χ1v) is 5.91. The monoisotopic (exact) mass is 205 g/mol. The fourth-order valence-electron chi connectivity index (χ4n) is 0.829. The van der Waals surface area contributed by atoms with E-state index in [1.807, 2.05) is 0 Å². The van der Waals surface area contributed by atoms with Crippen LogP contribution in [-0.4, -0.2) is 21.6 Å². The van der Waals surface area contributed by atoms with Crippen molar-refractivity contribution in [2.75, 3.05) is 12.4 Å². The Morgan fingerprint density at radius 1 is 1.38 bits per heavy atom. The van der Waals surface area contributed by atoms with E-state index in [4.69, 9.17) is 20.0 Å². The van der Waals surface area contributed by atoms with Crippen molar-refractivity contribution in [1.29, 1.82) is 0 Å². The molecule has 0 spiro atoms. The van der Waals surface area contributed by atoms with Gasteiger partial charge in [0.15, 0.2) is 0 Å². The second-order valence-corrected chi connectivity index (χ2v) is 4.84. The summed E-state index contributed by atoms with van der Waals surface area (Å²) in [6.45, 7) is 1.17. The molecule has 1 aromatic rings. The van der Waals surface area contributed by atoms with E-state index in [9.17, 15) is 5.11 Å². The van der Waals surface area contributed by atoms with Crippen molar-refractivity contribution in [2.45, 2.75) is 0 Å². The molecule has 0 heterocycles. The van der Waals surface area contributed by atoms with Gasteiger partial charge in [-0.25, -0.2) is 0 Å². The Morgan fingerprint density at radius 3 is 2.46 bits per heavy atom. The quantitative estimate of drug-likeness (QED) is 0.415. The van der Waals surface area contributed by atoms with Gasteiger partial charge in [0, 0.05) is 0 Å². The van der Waals surface area contributed by atoms with Crippen LogP contribution >= 0.6 is 7.94 Å². The zero-order chi connectivity index (χ0) is 10.1. The first-order valence-electron chi connectivity index (χ1n) is 3.61. The van der Waals surface area contributed by atoms with Gasteiger partial charge in [0.05, 0.1) is 0 Å². The standard InChI is InChI=1S/C7H12NO4P/c1-13(10,11)12-7-3-2-5(8)4-6(7)9/h2-4,9-11,13H,8H2,1H3. The minimum atomic E-state index is -3.65. The van der Waals surface area contributed by atoms with Crippen molar-refractivity contribution in [3.8, 4) is 11.5 Å². The summed E-state index contributed by atoms with van der Waals surface area (Å²) in [5, 5.41) is 9.25. The van der Waals surface area contributed by atoms with E-state index < -0.39 is 7.94 Å². The van der Waals surface area contributed by atoms with Gasteiger partial charge in [-0.1, -0.05) is 0 Å². The third-order valence-corrected chi connectivity index (χ3v) is 1.89. The molecule has 6 heteroatoms. The van der Waals surface area contributed by atoms with Crippen molar-refractivity contribution in [3.63, 3.8) is 0 Å². The first-order chi connectivity index (χ1) is 5.88. The molecule has 0 radical (unpaired) electrons. The number of nitrogens with two attached hydrogens (primary N) is 1. The number of benzene rings is 1. The normalized spacial score (nSPS) is 12.5. The molecule has 0 saturated carbocycles. The number of nitrogen functional groups attached to an aromatic ring is 1. The van der Waals surface area contributed by atoms with E-state index in [-0.39, 0.29) is 11.5 Å². The van der Waals surface area contributed by atoms with Gasteiger partial charge in [0.25, 0.3) is 0 Å². The van der Waals surface area contributed by atoms with E-state index >= 15 is 0 Å². The van der Waals surface area contributed by atoms with Crippen LogP contribution < -0.4 is 10.3 Å². The van der Waals surface area contributed by atoms with Gasteiger partial charge in [0.1, 0.15) is 0 Å². The predicted molar refractivity (Wildman–Crippen MR) is 51.8 cm³/mol. The number of hydrogen-bond acceptors (Lipinski definition) is 5. The Kier molecular flexibility index (Phi) is 2.61. The second-order valence-electron chi connectivity index (χ2n) is 2.76. The van der Waals surface area contributed by atoms with E-state index in [0.717, 1.165) is 0 Å². The maximum absolute atomic E-state index is 9.25. The Balaban J connectivity index is 2.90. The summed E-state index contributed by atoms with van der Waals surface area (Å²) >= 11 is 0. The van der Waals surface area contributed by atoms with Gasteiger partial charge < -0.3 is 0 Å². The van der Waals surface area contributed by atoms with Crippen LogP contribution in [0.1, 0.15) is 0 Å². The molecule has 1 rings (SSSR count). The van der Waals surface area contributed by atoms with E-state index in [1.165, 1.54) is 24.9 Å². The van der Waals surface area contributed by atoms with Gasteiger partial charge in [-0.2, -0.15) is 0 Å². The SMILES string of the molecule is C[PH](O)(O)Oc1ccc(N)cc1O. The summed E-state index contributed by atoms with van der Waals surface area (Å²) in [4.78, 5) is 18.0. The predicted octanol–water partition coefficient (Wildman–Crippen LogP) is 0.462. The molecule has 0 fully saturated rings. The van der Waals surface area contributed by atoms with Gasteiger partial charge >= 0.3 is 75.1 Å². The molecule has 0 aliphatic heterocycles. The van der Waals surface area contributed by atoms with Crippen LogP contribution in [0.5, 0.6) is 11.5 Å². The number of hydrogen-bond donors (Lipinski definition) is 4. The van der Waals surface area contributed by atoms with Crippen molar-refractivity contribution in [1.82, 2.24) is 0 Å². The average molecular weight is 205 g/mol. The van der Waals surface area contributed by atoms with Crippen LogP contribution in [0, 0.1) is 0 Å². The molecule has 0 aromatic heterocycles. The topological polar surface area (TPSA) is 95.9 Å². The Hall–Kier alpha value is -1.03. The van der Waals surface area contributed by atoms with Crippen LogP contribution in [0.2, 0.25) is 0 Å². The average Bonchev–Trinajstić information content (AvgIpc) is 1.93. The Labute approximate surface area is 76.0 Å². The molecule has 5 N–H and O–H groups in total. The molecule has 0 aliphatic rings. The summed E-state index contributed by atoms with van der Waals surface area (Å²) < 4.78 is 4.73. The molecule has 0 unspecified atom stereocenters. The zero-order valence-corrected chi connectivity index (χ0v) is 8.06. The summed E-state index contributed by atoms with van der Waals surface area (Å²) in [6, 6.07) is 4.15. The van der Waals surface area contributed by atoms with Crippen LogP contribution in [0.3, 0.4) is 0 Å². The molecule has 0 saturated heterocycles. The third kappa shape index (κ3) is 3.06. The number of rotatable bonds is 2. The molecule has 13 heavy (non-hydrogen) atoms. The van der Waals surface area contributed by atoms with Gasteiger partial charge in [0.2, 0.25) is 0 Å². The summed E-state index contributed by atoms with van der Waals surface area (Å²) in [6.07, 6.45) is 0. The molecule has 1 aromatic carbocycles. The van der Waals surface area contributed by atoms with Crippen molar-refractivity contribution in [3.05, 3.63) is 18.2 Å². The number of phenols is 1. The molecular weight excluding hydrogens is 193 g/mol. The second kappa shape index (κ2) is 3.38. The molecule has 0 amide bonds. The van der Waals surface area contributed by atoms with E-state index in [0.29, 0.717) is 5.69 Å². The van der Waals surface area contributed by atoms with Crippen LogP contribution in [-0.2, 0) is 0 Å². The first kappa shape index (κ1) is 10.1. The van der Waals surface area contributed by atoms with Gasteiger partial charge in [-0.3, -0.25) is 0 Å². The fraction of sp³-hybridized carbons (Fsp3) is 0.143. The van der Waals surface area contributed by atoms with Crippen molar-refractivity contribution in [2.24, 2.45) is 0 Å². The van der Waals surface area contributed by atoms with Crippen LogP contribution in [0.25, 0.3) is 0 Å². The van der Waals surface area contributed by atoms with E-state index in [1.54, 1.807) is 0 Å². The number of aromatic hydroxyl groups is 1.